The summed E-state index contributed by atoms with van der Waals surface area (Å²) in [5.74, 6) is 1.01. The minimum atomic E-state index is -0.0312. The van der Waals surface area contributed by atoms with Crippen LogP contribution in [0.2, 0.25) is 0 Å². The van der Waals surface area contributed by atoms with Crippen molar-refractivity contribution < 1.29 is 4.79 Å². The van der Waals surface area contributed by atoms with E-state index in [1.165, 1.54) is 4.90 Å². The third kappa shape index (κ3) is 2.31. The summed E-state index contributed by atoms with van der Waals surface area (Å²) in [6.45, 7) is 0.174. The molecule has 0 bridgehead atoms. The van der Waals surface area contributed by atoms with Gasteiger partial charge in [-0.05, 0) is 0 Å². The molecule has 3 N–H and O–H groups in total. The van der Waals surface area contributed by atoms with Crippen LogP contribution in [0.15, 0.2) is 6.20 Å². The molecule has 0 aromatic carbocycles. The number of H-pyrrole nitrogens is 1. The molecule has 2 heterocycles. The summed E-state index contributed by atoms with van der Waals surface area (Å²) in [6, 6.07) is 0. The van der Waals surface area contributed by atoms with Crippen LogP contribution in [0, 0.1) is 0 Å². The van der Waals surface area contributed by atoms with Gasteiger partial charge in [-0.3, -0.25) is 9.89 Å². The Kier molecular flexibility index (Phi) is 3.26. The zero-order chi connectivity index (χ0) is 13.1. The largest absolute Gasteiger partial charge is 0.360 e. The lowest BCUT2D eigenvalue weighted by Crippen LogP contribution is -2.28. The Hall–Kier alpha value is -2.38. The molecule has 2 rings (SSSR count). The number of nitrogens with zero attached hydrogens (tertiary/aromatic N) is 4. The molecule has 0 saturated carbocycles. The standard InChI is InChI=1S/C10H15N7O/c1-11-10-14-8(12-5-7(18)17(2)3)6-4-13-16-9(6)15-10/h4H,5H2,1-3H3,(H3,11,12,13,14,15,16). The highest BCUT2D eigenvalue weighted by atomic mass is 16.2. The quantitative estimate of drug-likeness (QED) is 0.699. The summed E-state index contributed by atoms with van der Waals surface area (Å²) < 4.78 is 0. The van der Waals surface area contributed by atoms with Crippen molar-refractivity contribution in [1.82, 2.24) is 25.1 Å². The van der Waals surface area contributed by atoms with E-state index < -0.39 is 0 Å². The van der Waals surface area contributed by atoms with E-state index in [2.05, 4.69) is 30.8 Å². The first-order valence-electron chi connectivity index (χ1n) is 5.44. The van der Waals surface area contributed by atoms with Gasteiger partial charge in [-0.25, -0.2) is 0 Å². The lowest BCUT2D eigenvalue weighted by molar-refractivity contribution is -0.126. The molecule has 1 amide bonds. The van der Waals surface area contributed by atoms with Crippen LogP contribution < -0.4 is 10.6 Å². The molecule has 2 aromatic heterocycles. The SMILES string of the molecule is CNc1nc(NCC(=O)N(C)C)c2cn[nH]c2n1. The molecule has 0 aliphatic carbocycles. The fourth-order valence-corrected chi connectivity index (χ4v) is 1.40. The van der Waals surface area contributed by atoms with Crippen LogP contribution >= 0.6 is 0 Å². The summed E-state index contributed by atoms with van der Waals surface area (Å²) in [6.07, 6.45) is 1.62. The monoisotopic (exact) mass is 249 g/mol. The van der Waals surface area contributed by atoms with Crippen molar-refractivity contribution in [2.24, 2.45) is 0 Å². The molecule has 0 fully saturated rings. The number of nitrogens with one attached hydrogen (secondary N) is 3. The molecular weight excluding hydrogens is 234 g/mol. The van der Waals surface area contributed by atoms with Crippen molar-refractivity contribution in [1.29, 1.82) is 0 Å². The van der Waals surface area contributed by atoms with Gasteiger partial charge in [0.05, 0.1) is 18.1 Å². The van der Waals surface area contributed by atoms with Gasteiger partial charge < -0.3 is 15.5 Å². The van der Waals surface area contributed by atoms with Gasteiger partial charge in [-0.1, -0.05) is 0 Å². The summed E-state index contributed by atoms with van der Waals surface area (Å²) in [7, 11) is 5.14. The third-order valence-corrected chi connectivity index (χ3v) is 2.44. The predicted molar refractivity (Wildman–Crippen MR) is 68.4 cm³/mol. The Morgan fingerprint density at radius 1 is 1.44 bits per heavy atom. The summed E-state index contributed by atoms with van der Waals surface area (Å²) in [5.41, 5.74) is 0.620. The van der Waals surface area contributed by atoms with E-state index in [4.69, 9.17) is 0 Å². The van der Waals surface area contributed by atoms with Crippen molar-refractivity contribution in [3.8, 4) is 0 Å². The maximum absolute atomic E-state index is 11.5. The number of fused-ring (bicyclic) bond motifs is 1. The average Bonchev–Trinajstić information content (AvgIpc) is 2.83. The molecule has 0 aliphatic heterocycles. The highest BCUT2D eigenvalue weighted by Gasteiger charge is 2.10. The van der Waals surface area contributed by atoms with Crippen molar-refractivity contribution in [3.05, 3.63) is 6.20 Å². The second kappa shape index (κ2) is 4.86. The third-order valence-electron chi connectivity index (χ3n) is 2.44. The van der Waals surface area contributed by atoms with Crippen molar-refractivity contribution >= 4 is 28.7 Å². The van der Waals surface area contributed by atoms with Crippen LogP contribution in [-0.4, -0.2) is 58.7 Å². The van der Waals surface area contributed by atoms with E-state index in [-0.39, 0.29) is 12.5 Å². The topological polar surface area (TPSA) is 98.8 Å². The Morgan fingerprint density at radius 3 is 2.89 bits per heavy atom. The van der Waals surface area contributed by atoms with Gasteiger partial charge in [-0.2, -0.15) is 15.1 Å². The van der Waals surface area contributed by atoms with Gasteiger partial charge in [-0.15, -0.1) is 0 Å². The molecular formula is C10H15N7O. The number of rotatable bonds is 4. The smallest absolute Gasteiger partial charge is 0.241 e. The Bertz CT molecular complexity index is 562. The van der Waals surface area contributed by atoms with Crippen molar-refractivity contribution in [2.45, 2.75) is 0 Å². The van der Waals surface area contributed by atoms with E-state index in [0.717, 1.165) is 5.39 Å². The predicted octanol–water partition coefficient (Wildman–Crippen LogP) is -0.105. The van der Waals surface area contributed by atoms with Gasteiger partial charge in [0.2, 0.25) is 11.9 Å². The number of hydrogen-bond donors (Lipinski definition) is 3. The van der Waals surface area contributed by atoms with Crippen LogP contribution in [0.25, 0.3) is 11.0 Å². The molecule has 0 unspecified atom stereocenters. The van der Waals surface area contributed by atoms with Crippen LogP contribution in [0.3, 0.4) is 0 Å². The number of carbonyl (C=O) groups is 1. The first-order valence-corrected chi connectivity index (χ1v) is 5.44. The van der Waals surface area contributed by atoms with E-state index in [1.54, 1.807) is 27.3 Å². The van der Waals surface area contributed by atoms with E-state index in [1.807, 2.05) is 0 Å². The summed E-state index contributed by atoms with van der Waals surface area (Å²) in [5, 5.41) is 13.3. The lowest BCUT2D eigenvalue weighted by atomic mass is 10.4. The number of hydrogen-bond acceptors (Lipinski definition) is 6. The molecule has 8 heteroatoms. The van der Waals surface area contributed by atoms with Crippen LogP contribution in [-0.2, 0) is 4.79 Å². The van der Waals surface area contributed by atoms with E-state index >= 15 is 0 Å². The highest BCUT2D eigenvalue weighted by molar-refractivity contribution is 5.89. The fraction of sp³-hybridized carbons (Fsp3) is 0.400. The molecule has 0 spiro atoms. The Labute approximate surface area is 104 Å². The maximum Gasteiger partial charge on any atom is 0.241 e. The molecule has 96 valence electrons. The molecule has 0 aliphatic rings. The average molecular weight is 249 g/mol. The number of aromatic amines is 1. The minimum absolute atomic E-state index is 0.0312. The Balaban J connectivity index is 2.26. The zero-order valence-electron chi connectivity index (χ0n) is 10.5. The van der Waals surface area contributed by atoms with Crippen LogP contribution in [0.5, 0.6) is 0 Å². The number of likely N-dealkylation sites (N-methyl/N-ethyl adjacent to an activating group) is 1. The van der Waals surface area contributed by atoms with E-state index in [0.29, 0.717) is 17.4 Å². The van der Waals surface area contributed by atoms with Crippen LogP contribution in [0.4, 0.5) is 11.8 Å². The first kappa shape index (κ1) is 12.1. The number of carbonyl (C=O) groups excluding carboxylic acids is 1. The van der Waals surface area contributed by atoms with Gasteiger partial charge in [0, 0.05) is 21.1 Å². The molecule has 0 radical (unpaired) electrons. The van der Waals surface area contributed by atoms with Gasteiger partial charge in [0.15, 0.2) is 5.65 Å². The summed E-state index contributed by atoms with van der Waals surface area (Å²) >= 11 is 0. The molecule has 0 atom stereocenters. The first-order chi connectivity index (χ1) is 8.61. The van der Waals surface area contributed by atoms with Gasteiger partial charge >= 0.3 is 0 Å². The lowest BCUT2D eigenvalue weighted by Gasteiger charge is -2.12. The number of anilines is 2. The van der Waals surface area contributed by atoms with E-state index in [9.17, 15) is 4.79 Å². The molecule has 0 saturated heterocycles. The van der Waals surface area contributed by atoms with Gasteiger partial charge in [0.1, 0.15) is 5.82 Å². The number of amides is 1. The molecule has 18 heavy (non-hydrogen) atoms. The zero-order valence-corrected chi connectivity index (χ0v) is 10.5. The second-order valence-corrected chi connectivity index (χ2v) is 3.92. The van der Waals surface area contributed by atoms with Crippen LogP contribution in [0.1, 0.15) is 0 Å². The van der Waals surface area contributed by atoms with Crippen molar-refractivity contribution in [2.75, 3.05) is 38.3 Å². The fourth-order valence-electron chi connectivity index (χ4n) is 1.40. The molecule has 2 aromatic rings. The second-order valence-electron chi connectivity index (χ2n) is 3.92. The number of aromatic nitrogens is 4. The minimum Gasteiger partial charge on any atom is -0.360 e. The Morgan fingerprint density at radius 2 is 2.22 bits per heavy atom. The summed E-state index contributed by atoms with van der Waals surface area (Å²) in [4.78, 5) is 21.5. The maximum atomic E-state index is 11.5. The highest BCUT2D eigenvalue weighted by Crippen LogP contribution is 2.19. The van der Waals surface area contributed by atoms with Crippen molar-refractivity contribution in [3.63, 3.8) is 0 Å². The molecule has 8 nitrogen and oxygen atoms in total. The normalized spacial score (nSPS) is 10.4. The van der Waals surface area contributed by atoms with Gasteiger partial charge in [0.25, 0.3) is 0 Å².